The second-order valence-corrected chi connectivity index (χ2v) is 3.01. The number of nitrogens with zero attached hydrogens (tertiary/aromatic N) is 1. The zero-order valence-corrected chi connectivity index (χ0v) is 9.21. The topological polar surface area (TPSA) is 22.1 Å². The molecule has 0 bridgehead atoms. The molecule has 1 rings (SSSR count). The van der Waals surface area contributed by atoms with Crippen molar-refractivity contribution in [1.29, 1.82) is 0 Å². The summed E-state index contributed by atoms with van der Waals surface area (Å²) in [5.74, 6) is -1.10. The van der Waals surface area contributed by atoms with Gasteiger partial charge in [0, 0.05) is 4.08 Å². The van der Waals surface area contributed by atoms with Gasteiger partial charge in [-0.2, -0.15) is 0 Å². The summed E-state index contributed by atoms with van der Waals surface area (Å²) in [7, 11) is 0. The third kappa shape index (κ3) is 4.02. The molecule has 0 fully saturated rings. The number of hydrogen-bond acceptors (Lipinski definition) is 2. The first-order valence-corrected chi connectivity index (χ1v) is 4.85. The average molecular weight is 333 g/mol. The van der Waals surface area contributed by atoms with Crippen LogP contribution >= 0.6 is 22.6 Å². The molecule has 15 heavy (non-hydrogen) atoms. The molecule has 2 nitrogen and oxygen atoms in total. The molecule has 0 saturated carbocycles. The minimum atomic E-state index is -4.76. The number of alkyl halides is 3. The van der Waals surface area contributed by atoms with E-state index in [0.29, 0.717) is 0 Å². The van der Waals surface area contributed by atoms with E-state index in [1.165, 1.54) is 0 Å². The van der Waals surface area contributed by atoms with Crippen LogP contribution in [0.3, 0.4) is 0 Å². The first kappa shape index (κ1) is 12.2. The van der Waals surface area contributed by atoms with Gasteiger partial charge in [-0.25, -0.2) is 9.37 Å². The first-order chi connectivity index (χ1) is 6.92. The molecule has 0 saturated heterocycles. The van der Waals surface area contributed by atoms with Gasteiger partial charge >= 0.3 is 6.36 Å². The van der Waals surface area contributed by atoms with Crippen molar-refractivity contribution in [2.45, 2.75) is 6.36 Å². The second-order valence-electron chi connectivity index (χ2n) is 2.38. The highest BCUT2D eigenvalue weighted by molar-refractivity contribution is 14.1. The summed E-state index contributed by atoms with van der Waals surface area (Å²) >= 11 is 1.66. The predicted octanol–water partition coefficient (Wildman–Crippen LogP) is 3.68. The SMILES string of the molecule is F/C(=C\I)c1ccc(OC(F)(F)F)cn1. The van der Waals surface area contributed by atoms with Crippen molar-refractivity contribution in [3.05, 3.63) is 28.1 Å². The molecule has 1 heterocycles. The molecule has 1 aromatic rings. The lowest BCUT2D eigenvalue weighted by Crippen LogP contribution is -2.17. The van der Waals surface area contributed by atoms with Gasteiger partial charge in [-0.1, -0.05) is 0 Å². The van der Waals surface area contributed by atoms with Crippen molar-refractivity contribution in [2.75, 3.05) is 0 Å². The molecule has 0 atom stereocenters. The van der Waals surface area contributed by atoms with Crippen LogP contribution in [0.15, 0.2) is 22.4 Å². The van der Waals surface area contributed by atoms with E-state index >= 15 is 0 Å². The molecule has 0 aromatic carbocycles. The zero-order valence-electron chi connectivity index (χ0n) is 7.05. The van der Waals surface area contributed by atoms with E-state index in [1.807, 2.05) is 0 Å². The summed E-state index contributed by atoms with van der Waals surface area (Å²) in [5.41, 5.74) is -0.0427. The molecule has 0 aliphatic heterocycles. The third-order valence-electron chi connectivity index (χ3n) is 1.31. The average Bonchev–Trinajstić information content (AvgIpc) is 2.15. The Morgan fingerprint density at radius 2 is 2.07 bits per heavy atom. The van der Waals surface area contributed by atoms with Gasteiger partial charge in [0.05, 0.1) is 11.9 Å². The van der Waals surface area contributed by atoms with E-state index in [1.54, 1.807) is 22.6 Å². The van der Waals surface area contributed by atoms with Gasteiger partial charge in [0.25, 0.3) is 0 Å². The molecule has 82 valence electrons. The number of aromatic nitrogens is 1. The van der Waals surface area contributed by atoms with Crippen LogP contribution in [0.25, 0.3) is 5.83 Å². The Hall–Kier alpha value is -0.860. The third-order valence-corrected chi connectivity index (χ3v) is 1.86. The number of rotatable bonds is 2. The summed E-state index contributed by atoms with van der Waals surface area (Å²) in [6, 6.07) is 2.10. The van der Waals surface area contributed by atoms with Gasteiger partial charge in [-0.05, 0) is 34.7 Å². The molecule has 0 aliphatic rings. The molecule has 0 amide bonds. The Morgan fingerprint density at radius 3 is 2.47 bits per heavy atom. The van der Waals surface area contributed by atoms with Crippen molar-refractivity contribution in [3.8, 4) is 5.75 Å². The van der Waals surface area contributed by atoms with E-state index in [0.717, 1.165) is 22.4 Å². The Morgan fingerprint density at radius 1 is 1.40 bits per heavy atom. The lowest BCUT2D eigenvalue weighted by atomic mass is 10.3. The summed E-state index contributed by atoms with van der Waals surface area (Å²) in [5, 5.41) is 0. The van der Waals surface area contributed by atoms with E-state index in [2.05, 4.69) is 9.72 Å². The maximum Gasteiger partial charge on any atom is 0.573 e. The Balaban J connectivity index is 2.82. The van der Waals surface area contributed by atoms with Crippen LogP contribution in [0.5, 0.6) is 5.75 Å². The molecular formula is C8H4F4INO. The number of hydrogen-bond donors (Lipinski definition) is 0. The number of pyridine rings is 1. The minimum absolute atomic E-state index is 0.0427. The molecule has 7 heteroatoms. The van der Waals surface area contributed by atoms with E-state index in [4.69, 9.17) is 0 Å². The fourth-order valence-corrected chi connectivity index (χ4v) is 1.09. The Bertz CT molecular complexity index is 360. The number of ether oxygens (including phenoxy) is 1. The maximum absolute atomic E-state index is 12.9. The van der Waals surface area contributed by atoms with Gasteiger partial charge in [0.2, 0.25) is 0 Å². The maximum atomic E-state index is 12.9. The van der Waals surface area contributed by atoms with E-state index < -0.39 is 17.9 Å². The smallest absolute Gasteiger partial charge is 0.404 e. The van der Waals surface area contributed by atoms with Crippen LogP contribution in [0.1, 0.15) is 5.69 Å². The fourth-order valence-electron chi connectivity index (χ4n) is 0.771. The highest BCUT2D eigenvalue weighted by Gasteiger charge is 2.31. The number of halogens is 5. The van der Waals surface area contributed by atoms with Crippen LogP contribution < -0.4 is 4.74 Å². The summed E-state index contributed by atoms with van der Waals surface area (Å²) < 4.78 is 52.7. The largest absolute Gasteiger partial charge is 0.573 e. The van der Waals surface area contributed by atoms with Crippen LogP contribution in [0.4, 0.5) is 17.6 Å². The monoisotopic (exact) mass is 333 g/mol. The van der Waals surface area contributed by atoms with Crippen molar-refractivity contribution in [1.82, 2.24) is 4.98 Å². The van der Waals surface area contributed by atoms with Gasteiger partial charge in [-0.15, -0.1) is 13.2 Å². The van der Waals surface area contributed by atoms with Gasteiger partial charge in [0.1, 0.15) is 5.75 Å². The van der Waals surface area contributed by atoms with E-state index in [9.17, 15) is 17.6 Å². The summed E-state index contributed by atoms with van der Waals surface area (Å²) in [6.07, 6.45) is -3.95. The normalized spacial score (nSPS) is 12.7. The molecule has 0 spiro atoms. The van der Waals surface area contributed by atoms with Crippen LogP contribution in [0.2, 0.25) is 0 Å². The lowest BCUT2D eigenvalue weighted by molar-refractivity contribution is -0.274. The molecule has 0 radical (unpaired) electrons. The highest BCUT2D eigenvalue weighted by atomic mass is 127. The van der Waals surface area contributed by atoms with Gasteiger partial charge in [0.15, 0.2) is 5.83 Å². The first-order valence-electron chi connectivity index (χ1n) is 3.60. The summed E-state index contributed by atoms with van der Waals surface area (Å²) in [6.45, 7) is 0. The molecule has 0 N–H and O–H groups in total. The lowest BCUT2D eigenvalue weighted by Gasteiger charge is -2.07. The fraction of sp³-hybridized carbons (Fsp3) is 0.125. The standard InChI is InChI=1S/C8H4F4INO/c9-6(3-13)7-2-1-5(4-14-7)15-8(10,11)12/h1-4H/b6-3-. The van der Waals surface area contributed by atoms with Crippen molar-refractivity contribution >= 4 is 28.4 Å². The van der Waals surface area contributed by atoms with E-state index in [-0.39, 0.29) is 5.69 Å². The quantitative estimate of drug-likeness (QED) is 0.608. The van der Waals surface area contributed by atoms with Crippen LogP contribution in [-0.2, 0) is 0 Å². The van der Waals surface area contributed by atoms with Crippen LogP contribution in [-0.4, -0.2) is 11.3 Å². The Kier molecular flexibility index (Phi) is 3.89. The summed E-state index contributed by atoms with van der Waals surface area (Å²) in [4.78, 5) is 3.46. The van der Waals surface area contributed by atoms with Crippen molar-refractivity contribution in [2.24, 2.45) is 0 Å². The van der Waals surface area contributed by atoms with Crippen LogP contribution in [0, 0.1) is 0 Å². The predicted molar refractivity (Wildman–Crippen MR) is 54.0 cm³/mol. The zero-order chi connectivity index (χ0) is 11.5. The minimum Gasteiger partial charge on any atom is -0.404 e. The molecule has 1 aromatic heterocycles. The van der Waals surface area contributed by atoms with Crippen molar-refractivity contribution < 1.29 is 22.3 Å². The molecule has 0 aliphatic carbocycles. The second kappa shape index (κ2) is 4.77. The Labute approximate surface area is 96.1 Å². The molecular weight excluding hydrogens is 329 g/mol. The van der Waals surface area contributed by atoms with Gasteiger partial charge < -0.3 is 4.74 Å². The highest BCUT2D eigenvalue weighted by Crippen LogP contribution is 2.23. The molecule has 0 unspecified atom stereocenters. The van der Waals surface area contributed by atoms with Crippen molar-refractivity contribution in [3.63, 3.8) is 0 Å². The van der Waals surface area contributed by atoms with Gasteiger partial charge in [-0.3, -0.25) is 0 Å².